The summed E-state index contributed by atoms with van der Waals surface area (Å²) in [6, 6.07) is 18.5. The second-order valence-electron chi connectivity index (χ2n) is 7.24. The van der Waals surface area contributed by atoms with Crippen molar-refractivity contribution in [2.24, 2.45) is 0 Å². The van der Waals surface area contributed by atoms with Crippen LogP contribution in [0.15, 0.2) is 48.5 Å². The average Bonchev–Trinajstić information content (AvgIpc) is 3.21. The fourth-order valence-electron chi connectivity index (χ4n) is 4.51. The van der Waals surface area contributed by atoms with Crippen molar-refractivity contribution in [1.29, 1.82) is 0 Å². The average molecular weight is 321 g/mol. The van der Waals surface area contributed by atoms with Gasteiger partial charge in [0.1, 0.15) is 6.61 Å². The second kappa shape index (κ2) is 5.82. The molecular formula is C21H23NO2. The van der Waals surface area contributed by atoms with Crippen LogP contribution in [0, 0.1) is 0 Å². The number of para-hydroxylation sites is 2. The lowest BCUT2D eigenvalue weighted by molar-refractivity contribution is 0.0913. The molecule has 124 valence electrons. The van der Waals surface area contributed by atoms with Gasteiger partial charge in [-0.3, -0.25) is 4.90 Å². The van der Waals surface area contributed by atoms with Gasteiger partial charge in [0.15, 0.2) is 17.6 Å². The first kappa shape index (κ1) is 14.4. The molecule has 2 fully saturated rings. The minimum atomic E-state index is -0.0167. The molecule has 3 heteroatoms. The van der Waals surface area contributed by atoms with Crippen LogP contribution in [0.2, 0.25) is 0 Å². The number of rotatable bonds is 3. The SMILES string of the molecule is c1ccc2c(c1)OCC(c1ccc(CN3[C@H]4CC[C@@H]3CC4)cc1)O2. The molecule has 2 aromatic carbocycles. The zero-order valence-electron chi connectivity index (χ0n) is 13.9. The summed E-state index contributed by atoms with van der Waals surface area (Å²) < 4.78 is 11.9. The van der Waals surface area contributed by atoms with Crippen LogP contribution in [-0.4, -0.2) is 23.6 Å². The molecule has 3 nitrogen and oxygen atoms in total. The monoisotopic (exact) mass is 321 g/mol. The van der Waals surface area contributed by atoms with Gasteiger partial charge in [-0.15, -0.1) is 0 Å². The Bertz CT molecular complexity index is 707. The highest BCUT2D eigenvalue weighted by Gasteiger charge is 2.38. The molecule has 5 rings (SSSR count). The maximum absolute atomic E-state index is 6.10. The molecule has 0 spiro atoms. The van der Waals surface area contributed by atoms with Crippen LogP contribution in [0.25, 0.3) is 0 Å². The van der Waals surface area contributed by atoms with Gasteiger partial charge in [-0.25, -0.2) is 0 Å². The van der Waals surface area contributed by atoms with E-state index in [2.05, 4.69) is 29.2 Å². The van der Waals surface area contributed by atoms with Gasteiger partial charge < -0.3 is 9.47 Å². The molecule has 0 N–H and O–H groups in total. The summed E-state index contributed by atoms with van der Waals surface area (Å²) in [5, 5.41) is 0. The van der Waals surface area contributed by atoms with Crippen molar-refractivity contribution in [3.8, 4) is 11.5 Å². The zero-order chi connectivity index (χ0) is 15.9. The third-order valence-corrected chi connectivity index (χ3v) is 5.83. The Balaban J connectivity index is 1.29. The van der Waals surface area contributed by atoms with E-state index in [0.29, 0.717) is 6.61 Å². The topological polar surface area (TPSA) is 21.7 Å². The van der Waals surface area contributed by atoms with Crippen molar-refractivity contribution in [2.45, 2.75) is 50.4 Å². The van der Waals surface area contributed by atoms with Crippen molar-refractivity contribution >= 4 is 0 Å². The first-order valence-corrected chi connectivity index (χ1v) is 9.10. The summed E-state index contributed by atoms with van der Waals surface area (Å²) in [5.74, 6) is 1.68. The van der Waals surface area contributed by atoms with Crippen LogP contribution in [0.5, 0.6) is 11.5 Å². The Morgan fingerprint density at radius 1 is 0.833 bits per heavy atom. The highest BCUT2D eigenvalue weighted by Crippen LogP contribution is 2.39. The molecule has 0 amide bonds. The number of ether oxygens (including phenoxy) is 2. The van der Waals surface area contributed by atoms with E-state index in [1.807, 2.05) is 24.3 Å². The Morgan fingerprint density at radius 3 is 2.21 bits per heavy atom. The van der Waals surface area contributed by atoms with Gasteiger partial charge in [0.05, 0.1) is 0 Å². The van der Waals surface area contributed by atoms with Crippen molar-refractivity contribution in [3.63, 3.8) is 0 Å². The molecule has 2 bridgehead atoms. The molecule has 3 heterocycles. The molecule has 1 unspecified atom stereocenters. The van der Waals surface area contributed by atoms with Gasteiger partial charge in [0.2, 0.25) is 0 Å². The third kappa shape index (κ3) is 2.48. The van der Waals surface area contributed by atoms with Crippen molar-refractivity contribution in [2.75, 3.05) is 6.61 Å². The van der Waals surface area contributed by atoms with Crippen LogP contribution in [0.4, 0.5) is 0 Å². The molecule has 2 aromatic rings. The van der Waals surface area contributed by atoms with E-state index < -0.39 is 0 Å². The van der Waals surface area contributed by atoms with Crippen molar-refractivity contribution in [1.82, 2.24) is 4.90 Å². The van der Waals surface area contributed by atoms with E-state index in [1.54, 1.807) is 0 Å². The van der Waals surface area contributed by atoms with Crippen LogP contribution < -0.4 is 9.47 Å². The maximum Gasteiger partial charge on any atom is 0.162 e. The summed E-state index contributed by atoms with van der Waals surface area (Å²) in [6.45, 7) is 1.67. The summed E-state index contributed by atoms with van der Waals surface area (Å²) in [5.41, 5.74) is 2.60. The lowest BCUT2D eigenvalue weighted by Gasteiger charge is -2.27. The van der Waals surface area contributed by atoms with Gasteiger partial charge >= 0.3 is 0 Å². The largest absolute Gasteiger partial charge is 0.485 e. The Morgan fingerprint density at radius 2 is 1.50 bits per heavy atom. The fraction of sp³-hybridized carbons (Fsp3) is 0.429. The van der Waals surface area contributed by atoms with E-state index in [0.717, 1.165) is 30.1 Å². The smallest absolute Gasteiger partial charge is 0.162 e. The quantitative estimate of drug-likeness (QED) is 0.840. The predicted molar refractivity (Wildman–Crippen MR) is 93.3 cm³/mol. The van der Waals surface area contributed by atoms with Crippen LogP contribution in [0.3, 0.4) is 0 Å². The number of hydrogen-bond acceptors (Lipinski definition) is 3. The normalized spacial score (nSPS) is 28.2. The van der Waals surface area contributed by atoms with E-state index in [1.165, 1.54) is 36.8 Å². The van der Waals surface area contributed by atoms with Gasteiger partial charge in [-0.2, -0.15) is 0 Å². The molecule has 3 aliphatic rings. The fourth-order valence-corrected chi connectivity index (χ4v) is 4.51. The lowest BCUT2D eigenvalue weighted by Crippen LogP contribution is -2.27. The molecule has 1 atom stereocenters. The number of fused-ring (bicyclic) bond motifs is 3. The highest BCUT2D eigenvalue weighted by molar-refractivity contribution is 5.41. The minimum absolute atomic E-state index is 0.0167. The number of hydrogen-bond donors (Lipinski definition) is 0. The molecule has 0 saturated carbocycles. The van der Waals surface area contributed by atoms with Crippen LogP contribution in [-0.2, 0) is 6.54 Å². The highest BCUT2D eigenvalue weighted by atomic mass is 16.6. The summed E-state index contributed by atoms with van der Waals surface area (Å²) in [7, 11) is 0. The summed E-state index contributed by atoms with van der Waals surface area (Å²) in [6.07, 6.45) is 5.58. The van der Waals surface area contributed by atoms with Crippen LogP contribution in [0.1, 0.15) is 42.9 Å². The van der Waals surface area contributed by atoms with Gasteiger partial charge in [-0.05, 0) is 48.9 Å². The first-order valence-electron chi connectivity index (χ1n) is 9.10. The van der Waals surface area contributed by atoms with E-state index in [4.69, 9.17) is 9.47 Å². The van der Waals surface area contributed by atoms with Crippen LogP contribution >= 0.6 is 0 Å². The molecule has 24 heavy (non-hydrogen) atoms. The van der Waals surface area contributed by atoms with E-state index in [-0.39, 0.29) is 6.10 Å². The molecule has 0 radical (unpaired) electrons. The Hall–Kier alpha value is -2.00. The third-order valence-electron chi connectivity index (χ3n) is 5.83. The molecular weight excluding hydrogens is 298 g/mol. The Kier molecular flexibility index (Phi) is 3.48. The van der Waals surface area contributed by atoms with Crippen molar-refractivity contribution < 1.29 is 9.47 Å². The predicted octanol–water partition coefficient (Wildman–Crippen LogP) is 4.33. The van der Waals surface area contributed by atoms with Crippen molar-refractivity contribution in [3.05, 3.63) is 59.7 Å². The molecule has 3 aliphatic heterocycles. The number of nitrogens with zero attached hydrogens (tertiary/aromatic N) is 1. The summed E-state index contributed by atoms with van der Waals surface area (Å²) >= 11 is 0. The lowest BCUT2D eigenvalue weighted by atomic mass is 10.0. The zero-order valence-corrected chi connectivity index (χ0v) is 13.9. The van der Waals surface area contributed by atoms with Gasteiger partial charge in [0.25, 0.3) is 0 Å². The number of benzene rings is 2. The van der Waals surface area contributed by atoms with Gasteiger partial charge in [0, 0.05) is 18.6 Å². The second-order valence-corrected chi connectivity index (χ2v) is 7.24. The van der Waals surface area contributed by atoms with E-state index >= 15 is 0 Å². The standard InChI is InChI=1S/C21H23NO2/c1-2-4-20-19(3-1)23-14-21(24-20)16-7-5-15(6-8-16)13-22-17-9-10-18(22)12-11-17/h1-8,17-18,21H,9-14H2/t17-,18+,21?. The van der Waals surface area contributed by atoms with Gasteiger partial charge in [-0.1, -0.05) is 36.4 Å². The first-order chi connectivity index (χ1) is 11.9. The summed E-state index contributed by atoms with van der Waals surface area (Å²) in [4.78, 5) is 2.71. The molecule has 2 saturated heterocycles. The maximum atomic E-state index is 6.10. The van der Waals surface area contributed by atoms with E-state index in [9.17, 15) is 0 Å². The molecule has 0 aromatic heterocycles. The Labute approximate surface area is 143 Å². The molecule has 0 aliphatic carbocycles. The minimum Gasteiger partial charge on any atom is -0.485 e.